The van der Waals surface area contributed by atoms with Gasteiger partial charge in [0.05, 0.1) is 36.1 Å². The van der Waals surface area contributed by atoms with Crippen LogP contribution in [-0.2, 0) is 0 Å². The maximum Gasteiger partial charge on any atom is 0.203 e. The summed E-state index contributed by atoms with van der Waals surface area (Å²) in [4.78, 5) is 14.7. The van der Waals surface area contributed by atoms with Gasteiger partial charge in [0.25, 0.3) is 0 Å². The van der Waals surface area contributed by atoms with E-state index >= 15 is 0 Å². The molecule has 1 aromatic carbocycles. The van der Waals surface area contributed by atoms with Crippen LogP contribution in [0.15, 0.2) is 21.2 Å². The van der Waals surface area contributed by atoms with Crippen LogP contribution in [-0.4, -0.2) is 32.1 Å². The molecule has 0 amide bonds. The second-order valence-corrected chi connectivity index (χ2v) is 6.03. The highest BCUT2D eigenvalue weighted by molar-refractivity contribution is 9.11. The van der Waals surface area contributed by atoms with E-state index in [9.17, 15) is 4.79 Å². The molecule has 2 aromatic rings. The first-order valence-corrected chi connectivity index (χ1v) is 7.92. The number of ketones is 1. The zero-order valence-electron chi connectivity index (χ0n) is 12.5. The van der Waals surface area contributed by atoms with Crippen LogP contribution < -0.4 is 14.2 Å². The largest absolute Gasteiger partial charge is 0.493 e. The van der Waals surface area contributed by atoms with Crippen LogP contribution >= 0.6 is 31.9 Å². The van der Waals surface area contributed by atoms with Gasteiger partial charge in [-0.2, -0.15) is 0 Å². The van der Waals surface area contributed by atoms with Gasteiger partial charge in [-0.15, -0.1) is 0 Å². The lowest BCUT2D eigenvalue weighted by Gasteiger charge is -2.15. The molecule has 0 aliphatic carbocycles. The third-order valence-corrected chi connectivity index (χ3v) is 4.61. The first-order valence-electron chi connectivity index (χ1n) is 6.33. The highest BCUT2D eigenvalue weighted by Crippen LogP contribution is 2.48. The van der Waals surface area contributed by atoms with Gasteiger partial charge in [0, 0.05) is 18.1 Å². The van der Waals surface area contributed by atoms with E-state index in [0.29, 0.717) is 32.0 Å². The summed E-state index contributed by atoms with van der Waals surface area (Å²) in [5.74, 6) is 1.51. The second-order valence-electron chi connectivity index (χ2n) is 4.44. The molecule has 118 valence electrons. The molecule has 0 fully saturated rings. The first-order chi connectivity index (χ1) is 10.5. The molecule has 22 heavy (non-hydrogen) atoms. The Labute approximate surface area is 145 Å². The zero-order valence-corrected chi connectivity index (χ0v) is 15.7. The number of ether oxygens (including phenoxy) is 3. The lowest BCUT2D eigenvalue weighted by molar-refractivity contribution is 0.101. The molecule has 0 spiro atoms. The lowest BCUT2D eigenvalue weighted by atomic mass is 10.1. The Balaban J connectivity index is 2.76. The summed E-state index contributed by atoms with van der Waals surface area (Å²) in [6, 6.07) is 3.64. The number of halogens is 2. The summed E-state index contributed by atoms with van der Waals surface area (Å²) in [6.07, 6.45) is 0. The predicted molar refractivity (Wildman–Crippen MR) is 91.3 cm³/mol. The van der Waals surface area contributed by atoms with Crippen LogP contribution in [0.1, 0.15) is 17.4 Å². The molecule has 0 atom stereocenters. The Bertz CT molecular complexity index is 725. The SMILES string of the molecule is COc1ccc(-c2c(Br)[nH]c(C(C)=O)c2Br)c(OC)c1OC. The Morgan fingerprint density at radius 3 is 2.14 bits per heavy atom. The van der Waals surface area contributed by atoms with Crippen LogP contribution in [0.4, 0.5) is 0 Å². The van der Waals surface area contributed by atoms with E-state index in [1.807, 2.05) is 6.07 Å². The highest BCUT2D eigenvalue weighted by atomic mass is 79.9. The fourth-order valence-electron chi connectivity index (χ4n) is 2.23. The summed E-state index contributed by atoms with van der Waals surface area (Å²) >= 11 is 6.93. The molecule has 1 aromatic heterocycles. The minimum absolute atomic E-state index is 0.0710. The molecule has 0 saturated heterocycles. The topological polar surface area (TPSA) is 60.6 Å². The van der Waals surface area contributed by atoms with Gasteiger partial charge in [0.2, 0.25) is 5.75 Å². The average molecular weight is 433 g/mol. The van der Waals surface area contributed by atoms with Crippen LogP contribution in [0.25, 0.3) is 11.1 Å². The molecule has 0 aliphatic heterocycles. The number of aromatic nitrogens is 1. The lowest BCUT2D eigenvalue weighted by Crippen LogP contribution is -1.97. The number of hydrogen-bond acceptors (Lipinski definition) is 4. The molecule has 1 N–H and O–H groups in total. The second kappa shape index (κ2) is 6.75. The van der Waals surface area contributed by atoms with Crippen molar-refractivity contribution in [2.45, 2.75) is 6.92 Å². The Hall–Kier alpha value is -1.47. The normalized spacial score (nSPS) is 10.5. The summed E-state index contributed by atoms with van der Waals surface area (Å²) in [7, 11) is 4.67. The number of nitrogens with one attached hydrogen (secondary N) is 1. The van der Waals surface area contributed by atoms with Crippen molar-refractivity contribution in [3.8, 4) is 28.4 Å². The van der Waals surface area contributed by atoms with Gasteiger partial charge in [0.15, 0.2) is 17.3 Å². The van der Waals surface area contributed by atoms with E-state index in [-0.39, 0.29) is 5.78 Å². The van der Waals surface area contributed by atoms with Crippen molar-refractivity contribution in [3.05, 3.63) is 26.9 Å². The zero-order chi connectivity index (χ0) is 16.4. The molecule has 1 heterocycles. The number of methoxy groups -OCH3 is 3. The Kier molecular flexibility index (Phi) is 5.18. The van der Waals surface area contributed by atoms with Gasteiger partial charge in [-0.3, -0.25) is 4.79 Å². The monoisotopic (exact) mass is 431 g/mol. The van der Waals surface area contributed by atoms with Gasteiger partial charge in [0.1, 0.15) is 0 Å². The number of Topliss-reactive ketones (excluding diaryl/α,β-unsaturated/α-hetero) is 1. The molecule has 2 rings (SSSR count). The van der Waals surface area contributed by atoms with Crippen molar-refractivity contribution in [2.24, 2.45) is 0 Å². The quantitative estimate of drug-likeness (QED) is 0.709. The van der Waals surface area contributed by atoms with Crippen molar-refractivity contribution >= 4 is 37.6 Å². The van der Waals surface area contributed by atoms with E-state index in [1.54, 1.807) is 27.4 Å². The maximum atomic E-state index is 11.7. The van der Waals surface area contributed by atoms with E-state index in [2.05, 4.69) is 36.8 Å². The van der Waals surface area contributed by atoms with Crippen molar-refractivity contribution in [2.75, 3.05) is 21.3 Å². The van der Waals surface area contributed by atoms with Crippen molar-refractivity contribution in [1.29, 1.82) is 0 Å². The molecule has 5 nitrogen and oxygen atoms in total. The van der Waals surface area contributed by atoms with Crippen molar-refractivity contribution < 1.29 is 19.0 Å². The Morgan fingerprint density at radius 2 is 1.68 bits per heavy atom. The number of carbonyl (C=O) groups is 1. The fourth-order valence-corrected chi connectivity index (χ4v) is 3.89. The van der Waals surface area contributed by atoms with E-state index in [4.69, 9.17) is 14.2 Å². The van der Waals surface area contributed by atoms with Gasteiger partial charge in [-0.25, -0.2) is 0 Å². The number of carbonyl (C=O) groups excluding carboxylic acids is 1. The molecule has 0 aliphatic rings. The summed E-state index contributed by atoms with van der Waals surface area (Å²) in [5.41, 5.74) is 2.03. The van der Waals surface area contributed by atoms with Gasteiger partial charge in [-0.1, -0.05) is 0 Å². The predicted octanol–water partition coefficient (Wildman–Crippen LogP) is 4.44. The fraction of sp³-hybridized carbons (Fsp3) is 0.267. The number of benzene rings is 1. The van der Waals surface area contributed by atoms with Crippen LogP contribution in [0.5, 0.6) is 17.2 Å². The molecule has 0 saturated carbocycles. The van der Waals surface area contributed by atoms with E-state index < -0.39 is 0 Å². The minimum Gasteiger partial charge on any atom is -0.493 e. The average Bonchev–Trinajstić information content (AvgIpc) is 2.80. The number of rotatable bonds is 5. The molecule has 0 bridgehead atoms. The summed E-state index contributed by atoms with van der Waals surface area (Å²) in [6.45, 7) is 1.50. The summed E-state index contributed by atoms with van der Waals surface area (Å²) < 4.78 is 17.5. The summed E-state index contributed by atoms with van der Waals surface area (Å²) in [5, 5.41) is 0. The minimum atomic E-state index is -0.0710. The van der Waals surface area contributed by atoms with Gasteiger partial charge >= 0.3 is 0 Å². The van der Waals surface area contributed by atoms with Gasteiger partial charge < -0.3 is 19.2 Å². The Morgan fingerprint density at radius 1 is 1.05 bits per heavy atom. The maximum absolute atomic E-state index is 11.7. The van der Waals surface area contributed by atoms with Gasteiger partial charge in [-0.05, 0) is 44.0 Å². The molecule has 7 heteroatoms. The third-order valence-electron chi connectivity index (χ3n) is 3.22. The van der Waals surface area contributed by atoms with Crippen LogP contribution in [0.2, 0.25) is 0 Å². The van der Waals surface area contributed by atoms with Crippen LogP contribution in [0.3, 0.4) is 0 Å². The van der Waals surface area contributed by atoms with Crippen LogP contribution in [0, 0.1) is 0 Å². The molecular weight excluding hydrogens is 418 g/mol. The molecular formula is C15H15Br2NO4. The number of aromatic amines is 1. The van der Waals surface area contributed by atoms with E-state index in [0.717, 1.165) is 11.1 Å². The molecule has 0 radical (unpaired) electrons. The highest BCUT2D eigenvalue weighted by Gasteiger charge is 2.24. The number of H-pyrrole nitrogens is 1. The van der Waals surface area contributed by atoms with Crippen molar-refractivity contribution in [1.82, 2.24) is 4.98 Å². The van der Waals surface area contributed by atoms with E-state index in [1.165, 1.54) is 6.92 Å². The molecule has 0 unspecified atom stereocenters. The standard InChI is InChI=1S/C15H15Br2NO4/c1-7(19)12-11(16)10(15(17)18-12)8-5-6-9(20-2)14(22-4)13(8)21-3/h5-6,18H,1-4H3. The smallest absolute Gasteiger partial charge is 0.203 e. The number of hydrogen-bond donors (Lipinski definition) is 1. The first kappa shape index (κ1) is 16.9. The third kappa shape index (κ3) is 2.75. The van der Waals surface area contributed by atoms with Crippen molar-refractivity contribution in [3.63, 3.8) is 0 Å².